The summed E-state index contributed by atoms with van der Waals surface area (Å²) in [4.78, 5) is 12.7. The fourth-order valence-electron chi connectivity index (χ4n) is 2.98. The van der Waals surface area contributed by atoms with E-state index < -0.39 is 5.41 Å². The van der Waals surface area contributed by atoms with Crippen molar-refractivity contribution in [3.63, 3.8) is 0 Å². The molecule has 1 amide bonds. The smallest absolute Gasteiger partial charge is 0.227 e. The quantitative estimate of drug-likeness (QED) is 0.770. The van der Waals surface area contributed by atoms with Crippen LogP contribution in [0.1, 0.15) is 45.1 Å². The average molecular weight is 325 g/mol. The van der Waals surface area contributed by atoms with E-state index in [2.05, 4.69) is 43.4 Å². The van der Waals surface area contributed by atoms with Crippen molar-refractivity contribution < 1.29 is 4.79 Å². The van der Waals surface area contributed by atoms with Crippen LogP contribution in [0, 0.1) is 11.3 Å². The number of rotatable bonds is 8. The van der Waals surface area contributed by atoms with E-state index in [0.29, 0.717) is 12.5 Å². The topological polar surface area (TPSA) is 55.1 Å². The maximum absolute atomic E-state index is 12.7. The van der Waals surface area contributed by atoms with Gasteiger partial charge in [-0.15, -0.1) is 12.4 Å². The van der Waals surface area contributed by atoms with Gasteiger partial charge in [0.2, 0.25) is 5.91 Å². The molecule has 0 radical (unpaired) electrons. The van der Waals surface area contributed by atoms with E-state index in [4.69, 9.17) is 5.73 Å². The summed E-state index contributed by atoms with van der Waals surface area (Å²) >= 11 is 0. The zero-order valence-electron chi connectivity index (χ0n) is 13.7. The molecule has 1 aromatic rings. The molecule has 1 unspecified atom stereocenters. The van der Waals surface area contributed by atoms with Gasteiger partial charge in [0.05, 0.1) is 5.41 Å². The Balaban J connectivity index is 0.00000242. The fraction of sp³-hybridized carbons (Fsp3) is 0.611. The van der Waals surface area contributed by atoms with Crippen molar-refractivity contribution in [1.82, 2.24) is 5.32 Å². The predicted octanol–water partition coefficient (Wildman–Crippen LogP) is 3.31. The fourth-order valence-corrected chi connectivity index (χ4v) is 2.98. The van der Waals surface area contributed by atoms with Crippen LogP contribution in [0.25, 0.3) is 0 Å². The maximum Gasteiger partial charge on any atom is 0.227 e. The van der Waals surface area contributed by atoms with Crippen LogP contribution in [0.2, 0.25) is 0 Å². The molecule has 3 N–H and O–H groups in total. The maximum atomic E-state index is 12.7. The molecule has 1 atom stereocenters. The summed E-state index contributed by atoms with van der Waals surface area (Å²) in [6, 6.07) is 10.7. The van der Waals surface area contributed by atoms with Crippen molar-refractivity contribution in [1.29, 1.82) is 0 Å². The Bertz CT molecular complexity index is 447. The standard InChI is InChI=1S/C18H28N2O.ClH/c1-3-18(4-2,13-19)17(21)20-16(15-10-11-15)12-14-8-6-5-7-9-14;/h5-9,15-16H,3-4,10-13,19H2,1-2H3,(H,20,21);1H. The summed E-state index contributed by atoms with van der Waals surface area (Å²) in [6.07, 6.45) is 4.98. The van der Waals surface area contributed by atoms with Gasteiger partial charge in [-0.1, -0.05) is 44.2 Å². The number of hydrogen-bond donors (Lipinski definition) is 2. The molecule has 0 bridgehead atoms. The number of hydrogen-bond acceptors (Lipinski definition) is 2. The molecule has 1 saturated carbocycles. The van der Waals surface area contributed by atoms with E-state index >= 15 is 0 Å². The lowest BCUT2D eigenvalue weighted by Gasteiger charge is -2.31. The second-order valence-corrected chi connectivity index (χ2v) is 6.30. The summed E-state index contributed by atoms with van der Waals surface area (Å²) in [5.74, 6) is 0.779. The third kappa shape index (κ3) is 4.47. The first-order chi connectivity index (χ1) is 10.1. The molecular formula is C18H29ClN2O. The number of carbonyl (C=O) groups excluding carboxylic acids is 1. The number of halogens is 1. The molecule has 1 aliphatic rings. The van der Waals surface area contributed by atoms with Gasteiger partial charge in [-0.2, -0.15) is 0 Å². The molecule has 0 heterocycles. The van der Waals surface area contributed by atoms with Gasteiger partial charge >= 0.3 is 0 Å². The molecule has 124 valence electrons. The predicted molar refractivity (Wildman–Crippen MR) is 94.1 cm³/mol. The van der Waals surface area contributed by atoms with Crippen LogP contribution in [0.3, 0.4) is 0 Å². The minimum Gasteiger partial charge on any atom is -0.352 e. The molecule has 1 aliphatic carbocycles. The Hall–Kier alpha value is -1.06. The Morgan fingerprint density at radius 2 is 1.86 bits per heavy atom. The van der Waals surface area contributed by atoms with Gasteiger partial charge in [0.1, 0.15) is 0 Å². The van der Waals surface area contributed by atoms with Crippen LogP contribution in [-0.4, -0.2) is 18.5 Å². The summed E-state index contributed by atoms with van der Waals surface area (Å²) < 4.78 is 0. The number of nitrogens with one attached hydrogen (secondary N) is 1. The minimum atomic E-state index is -0.399. The molecule has 3 nitrogen and oxygen atoms in total. The Morgan fingerprint density at radius 1 is 1.27 bits per heavy atom. The molecule has 1 fully saturated rings. The van der Waals surface area contributed by atoms with E-state index in [1.807, 2.05) is 6.07 Å². The van der Waals surface area contributed by atoms with Crippen molar-refractivity contribution in [3.05, 3.63) is 35.9 Å². The van der Waals surface area contributed by atoms with Gasteiger partial charge in [0.15, 0.2) is 0 Å². The second-order valence-electron chi connectivity index (χ2n) is 6.30. The molecule has 0 spiro atoms. The molecule has 4 heteroatoms. The van der Waals surface area contributed by atoms with E-state index in [1.54, 1.807) is 0 Å². The Labute approximate surface area is 140 Å². The Morgan fingerprint density at radius 3 is 2.32 bits per heavy atom. The normalized spacial score (nSPS) is 15.8. The van der Waals surface area contributed by atoms with E-state index in [0.717, 1.165) is 19.3 Å². The van der Waals surface area contributed by atoms with E-state index in [-0.39, 0.29) is 24.4 Å². The molecule has 2 rings (SSSR count). The van der Waals surface area contributed by atoms with Crippen molar-refractivity contribution in [3.8, 4) is 0 Å². The van der Waals surface area contributed by atoms with Gasteiger partial charge < -0.3 is 11.1 Å². The zero-order valence-corrected chi connectivity index (χ0v) is 14.5. The lowest BCUT2D eigenvalue weighted by molar-refractivity contribution is -0.132. The molecule has 0 aliphatic heterocycles. The van der Waals surface area contributed by atoms with Crippen molar-refractivity contribution >= 4 is 18.3 Å². The number of carbonyl (C=O) groups is 1. The van der Waals surface area contributed by atoms with E-state index in [1.165, 1.54) is 18.4 Å². The lowest BCUT2D eigenvalue weighted by atomic mass is 9.81. The van der Waals surface area contributed by atoms with Gasteiger partial charge in [-0.3, -0.25) is 4.79 Å². The molecule has 1 aromatic carbocycles. The largest absolute Gasteiger partial charge is 0.352 e. The highest BCUT2D eigenvalue weighted by molar-refractivity contribution is 5.85. The number of benzene rings is 1. The first kappa shape index (κ1) is 19.0. The summed E-state index contributed by atoms with van der Waals surface area (Å²) in [5.41, 5.74) is 6.78. The molecule has 0 saturated heterocycles. The molecule has 0 aromatic heterocycles. The first-order valence-corrected chi connectivity index (χ1v) is 8.20. The van der Waals surface area contributed by atoms with Gasteiger partial charge in [0.25, 0.3) is 0 Å². The monoisotopic (exact) mass is 324 g/mol. The van der Waals surface area contributed by atoms with Crippen LogP contribution in [0.5, 0.6) is 0 Å². The van der Waals surface area contributed by atoms with Crippen molar-refractivity contribution in [2.45, 2.75) is 52.0 Å². The summed E-state index contributed by atoms with van der Waals surface area (Å²) in [7, 11) is 0. The highest BCUT2D eigenvalue weighted by Crippen LogP contribution is 2.35. The van der Waals surface area contributed by atoms with Crippen LogP contribution in [-0.2, 0) is 11.2 Å². The van der Waals surface area contributed by atoms with Crippen LogP contribution < -0.4 is 11.1 Å². The average Bonchev–Trinajstić information content (AvgIpc) is 3.35. The van der Waals surface area contributed by atoms with Crippen molar-refractivity contribution in [2.75, 3.05) is 6.54 Å². The minimum absolute atomic E-state index is 0. The second kappa shape index (κ2) is 8.54. The van der Waals surface area contributed by atoms with Gasteiger partial charge in [0, 0.05) is 12.6 Å². The zero-order chi connectivity index (χ0) is 15.3. The van der Waals surface area contributed by atoms with Gasteiger partial charge in [-0.25, -0.2) is 0 Å². The number of nitrogens with two attached hydrogens (primary N) is 1. The van der Waals surface area contributed by atoms with Crippen molar-refractivity contribution in [2.24, 2.45) is 17.1 Å². The molecule has 22 heavy (non-hydrogen) atoms. The highest BCUT2D eigenvalue weighted by Gasteiger charge is 2.38. The van der Waals surface area contributed by atoms with Gasteiger partial charge in [-0.05, 0) is 43.6 Å². The Kier molecular flexibility index (Phi) is 7.37. The van der Waals surface area contributed by atoms with Crippen LogP contribution in [0.15, 0.2) is 30.3 Å². The molecular weight excluding hydrogens is 296 g/mol. The third-order valence-electron chi connectivity index (χ3n) is 5.03. The number of amides is 1. The SMILES string of the molecule is CCC(CC)(CN)C(=O)NC(Cc1ccccc1)C1CC1.Cl. The lowest BCUT2D eigenvalue weighted by Crippen LogP contribution is -2.50. The summed E-state index contributed by atoms with van der Waals surface area (Å²) in [5, 5.41) is 3.30. The first-order valence-electron chi connectivity index (χ1n) is 8.20. The van der Waals surface area contributed by atoms with Crippen LogP contribution in [0.4, 0.5) is 0 Å². The highest BCUT2D eigenvalue weighted by atomic mass is 35.5. The van der Waals surface area contributed by atoms with E-state index in [9.17, 15) is 4.79 Å². The third-order valence-corrected chi connectivity index (χ3v) is 5.03. The van der Waals surface area contributed by atoms with Crippen LogP contribution >= 0.6 is 12.4 Å². The summed E-state index contributed by atoms with van der Waals surface area (Å²) in [6.45, 7) is 4.53.